The average Bonchev–Trinajstić information content (AvgIpc) is 2.31. The van der Waals surface area contributed by atoms with Gasteiger partial charge in [0.1, 0.15) is 0 Å². The molecule has 0 aromatic heterocycles. The fourth-order valence-electron chi connectivity index (χ4n) is 1.35. The maximum atomic E-state index is 10.6. The maximum Gasteiger partial charge on any atom is 0.272 e. The van der Waals surface area contributed by atoms with Crippen LogP contribution >= 0.6 is 35.8 Å². The fourth-order valence-corrected chi connectivity index (χ4v) is 2.16. The molecule has 0 aliphatic rings. The van der Waals surface area contributed by atoms with Crippen molar-refractivity contribution in [1.29, 1.82) is 0 Å². The summed E-state index contributed by atoms with van der Waals surface area (Å²) in [5.41, 5.74) is -0.146. The van der Waals surface area contributed by atoms with Crippen molar-refractivity contribution in [3.63, 3.8) is 0 Å². The standard InChI is InChI=1S/C11H13Cl2NO3S/c12-9-6-8(14(15)16)7-10(13)11(9)17-4-2-1-3-5-18/h6-7,18H,1-5H2. The van der Waals surface area contributed by atoms with E-state index in [1.165, 1.54) is 12.1 Å². The highest BCUT2D eigenvalue weighted by Gasteiger charge is 2.15. The van der Waals surface area contributed by atoms with Crippen molar-refractivity contribution in [2.24, 2.45) is 0 Å². The zero-order chi connectivity index (χ0) is 13.5. The Morgan fingerprint density at radius 3 is 2.33 bits per heavy atom. The van der Waals surface area contributed by atoms with Crippen molar-refractivity contribution in [2.45, 2.75) is 19.3 Å². The van der Waals surface area contributed by atoms with Gasteiger partial charge in [-0.25, -0.2) is 0 Å². The van der Waals surface area contributed by atoms with Crippen molar-refractivity contribution >= 4 is 41.5 Å². The molecule has 0 saturated heterocycles. The Balaban J connectivity index is 2.63. The van der Waals surface area contributed by atoms with E-state index in [1.54, 1.807) is 0 Å². The van der Waals surface area contributed by atoms with Gasteiger partial charge < -0.3 is 4.74 Å². The third kappa shape index (κ3) is 4.55. The molecule has 0 fully saturated rings. The van der Waals surface area contributed by atoms with Crippen molar-refractivity contribution in [1.82, 2.24) is 0 Å². The van der Waals surface area contributed by atoms with Crippen LogP contribution in [-0.2, 0) is 0 Å². The van der Waals surface area contributed by atoms with E-state index in [0.717, 1.165) is 25.0 Å². The zero-order valence-electron chi connectivity index (χ0n) is 9.57. The Bertz CT molecular complexity index is 406. The molecule has 0 N–H and O–H groups in total. The van der Waals surface area contributed by atoms with Gasteiger partial charge in [0.05, 0.1) is 21.6 Å². The number of ether oxygens (including phenoxy) is 1. The first-order valence-electron chi connectivity index (χ1n) is 5.43. The number of nitrogens with zero attached hydrogens (tertiary/aromatic N) is 1. The zero-order valence-corrected chi connectivity index (χ0v) is 12.0. The van der Waals surface area contributed by atoms with Crippen molar-refractivity contribution in [2.75, 3.05) is 12.4 Å². The minimum Gasteiger partial charge on any atom is -0.490 e. The normalized spacial score (nSPS) is 10.4. The molecule has 0 spiro atoms. The van der Waals surface area contributed by atoms with Crippen LogP contribution in [0.5, 0.6) is 5.75 Å². The van der Waals surface area contributed by atoms with Crippen LogP contribution in [0.15, 0.2) is 12.1 Å². The van der Waals surface area contributed by atoms with Gasteiger partial charge in [0.15, 0.2) is 5.75 Å². The largest absolute Gasteiger partial charge is 0.490 e. The lowest BCUT2D eigenvalue weighted by Crippen LogP contribution is -1.99. The second kappa shape index (κ2) is 7.71. The minimum atomic E-state index is -0.547. The number of thiol groups is 1. The second-order valence-corrected chi connectivity index (χ2v) is 4.89. The van der Waals surface area contributed by atoms with Gasteiger partial charge in [-0.3, -0.25) is 10.1 Å². The highest BCUT2D eigenvalue weighted by molar-refractivity contribution is 7.80. The van der Waals surface area contributed by atoms with Gasteiger partial charge >= 0.3 is 0 Å². The summed E-state index contributed by atoms with van der Waals surface area (Å²) in [5, 5.41) is 10.9. The van der Waals surface area contributed by atoms with E-state index < -0.39 is 4.92 Å². The number of rotatable bonds is 7. The predicted molar refractivity (Wildman–Crippen MR) is 76.3 cm³/mol. The smallest absolute Gasteiger partial charge is 0.272 e. The lowest BCUT2D eigenvalue weighted by molar-refractivity contribution is -0.384. The molecule has 0 radical (unpaired) electrons. The first-order chi connectivity index (χ1) is 8.56. The molecule has 0 heterocycles. The topological polar surface area (TPSA) is 52.4 Å². The first-order valence-corrected chi connectivity index (χ1v) is 6.82. The molecule has 1 aromatic rings. The van der Waals surface area contributed by atoms with Crippen LogP contribution < -0.4 is 4.74 Å². The molecule has 0 amide bonds. The average molecular weight is 310 g/mol. The number of hydrogen-bond acceptors (Lipinski definition) is 4. The second-order valence-electron chi connectivity index (χ2n) is 3.63. The number of benzene rings is 1. The summed E-state index contributed by atoms with van der Waals surface area (Å²) in [6.07, 6.45) is 2.89. The Morgan fingerprint density at radius 1 is 1.22 bits per heavy atom. The summed E-state index contributed by atoms with van der Waals surface area (Å²) in [4.78, 5) is 10.0. The molecule has 7 heteroatoms. The van der Waals surface area contributed by atoms with E-state index in [9.17, 15) is 10.1 Å². The highest BCUT2D eigenvalue weighted by atomic mass is 35.5. The number of hydrogen-bond donors (Lipinski definition) is 1. The van der Waals surface area contributed by atoms with Crippen LogP contribution in [0.3, 0.4) is 0 Å². The Kier molecular flexibility index (Phi) is 6.60. The van der Waals surface area contributed by atoms with Gasteiger partial charge in [-0.1, -0.05) is 23.2 Å². The SMILES string of the molecule is O=[N+]([O-])c1cc(Cl)c(OCCCCCS)c(Cl)c1. The highest BCUT2D eigenvalue weighted by Crippen LogP contribution is 2.36. The molecule has 1 aromatic carbocycles. The summed E-state index contributed by atoms with van der Waals surface area (Å²) in [5.74, 6) is 1.15. The van der Waals surface area contributed by atoms with Gasteiger partial charge in [0.2, 0.25) is 0 Å². The number of nitro groups is 1. The summed E-state index contributed by atoms with van der Waals surface area (Å²) < 4.78 is 5.44. The molecule has 1 rings (SSSR count). The van der Waals surface area contributed by atoms with Gasteiger partial charge in [-0.15, -0.1) is 0 Å². The molecule has 0 aliphatic heterocycles. The predicted octanol–water partition coefficient (Wildman–Crippen LogP) is 4.38. The monoisotopic (exact) mass is 309 g/mol. The van der Waals surface area contributed by atoms with Crippen LogP contribution in [0.1, 0.15) is 19.3 Å². The Labute approximate surface area is 121 Å². The van der Waals surface area contributed by atoms with E-state index in [2.05, 4.69) is 12.6 Å². The van der Waals surface area contributed by atoms with Gasteiger partial charge in [0, 0.05) is 12.1 Å². The summed E-state index contributed by atoms with van der Waals surface area (Å²) in [7, 11) is 0. The van der Waals surface area contributed by atoms with Crippen LogP contribution in [-0.4, -0.2) is 17.3 Å². The van der Waals surface area contributed by atoms with E-state index in [1.807, 2.05) is 0 Å². The van der Waals surface area contributed by atoms with Gasteiger partial charge in [-0.05, 0) is 25.0 Å². The molecule has 0 aliphatic carbocycles. The molecular weight excluding hydrogens is 297 g/mol. The van der Waals surface area contributed by atoms with Crippen molar-refractivity contribution in [3.8, 4) is 5.75 Å². The Hall–Kier alpha value is -0.650. The van der Waals surface area contributed by atoms with Crippen LogP contribution in [0, 0.1) is 10.1 Å². The van der Waals surface area contributed by atoms with Gasteiger partial charge in [0.25, 0.3) is 5.69 Å². The van der Waals surface area contributed by atoms with Gasteiger partial charge in [-0.2, -0.15) is 12.6 Å². The van der Waals surface area contributed by atoms with E-state index >= 15 is 0 Å². The summed E-state index contributed by atoms with van der Waals surface area (Å²) >= 11 is 15.9. The van der Waals surface area contributed by atoms with Crippen molar-refractivity contribution < 1.29 is 9.66 Å². The van der Waals surface area contributed by atoms with Crippen LogP contribution in [0.4, 0.5) is 5.69 Å². The van der Waals surface area contributed by atoms with E-state index in [0.29, 0.717) is 12.4 Å². The third-order valence-corrected chi connectivity index (χ3v) is 3.12. The van der Waals surface area contributed by atoms with Crippen LogP contribution in [0.25, 0.3) is 0 Å². The quantitative estimate of drug-likeness (QED) is 0.352. The molecular formula is C11H13Cl2NO3S. The van der Waals surface area contributed by atoms with Crippen molar-refractivity contribution in [3.05, 3.63) is 32.3 Å². The minimum absolute atomic E-state index is 0.146. The summed E-state index contributed by atoms with van der Waals surface area (Å²) in [6.45, 7) is 0.477. The molecule has 0 bridgehead atoms. The fraction of sp³-hybridized carbons (Fsp3) is 0.455. The molecule has 18 heavy (non-hydrogen) atoms. The number of nitro benzene ring substituents is 1. The molecule has 0 atom stereocenters. The Morgan fingerprint density at radius 2 is 1.83 bits per heavy atom. The lowest BCUT2D eigenvalue weighted by Gasteiger charge is -2.09. The third-order valence-electron chi connectivity index (χ3n) is 2.24. The molecule has 0 unspecified atom stereocenters. The molecule has 0 saturated carbocycles. The molecule has 100 valence electrons. The lowest BCUT2D eigenvalue weighted by atomic mass is 10.2. The maximum absolute atomic E-state index is 10.6. The molecule has 4 nitrogen and oxygen atoms in total. The van der Waals surface area contributed by atoms with Crippen LogP contribution in [0.2, 0.25) is 10.0 Å². The van der Waals surface area contributed by atoms with E-state index in [-0.39, 0.29) is 15.7 Å². The number of unbranched alkanes of at least 4 members (excludes halogenated alkanes) is 2. The first kappa shape index (κ1) is 15.4. The summed E-state index contributed by atoms with van der Waals surface area (Å²) in [6, 6.07) is 2.47. The number of halogens is 2. The van der Waals surface area contributed by atoms with E-state index in [4.69, 9.17) is 27.9 Å². The number of non-ortho nitro benzene ring substituents is 1.